The monoisotopic (exact) mass is 498 g/mol. The summed E-state index contributed by atoms with van der Waals surface area (Å²) >= 11 is 3.30. The zero-order valence-electron chi connectivity index (χ0n) is 17.3. The van der Waals surface area contributed by atoms with Crippen LogP contribution < -0.4 is 0 Å². The molecular formula is C25H40IP. The quantitative estimate of drug-likeness (QED) is 0.281. The molecule has 2 heteroatoms. The molecule has 0 radical (unpaired) electrons. The maximum absolute atomic E-state index is 3.30. The van der Waals surface area contributed by atoms with Gasteiger partial charge in [0.2, 0.25) is 0 Å². The summed E-state index contributed by atoms with van der Waals surface area (Å²) in [5.74, 6) is 0. The van der Waals surface area contributed by atoms with Crippen molar-refractivity contribution < 1.29 is 0 Å². The minimum absolute atomic E-state index is 1.07. The van der Waals surface area contributed by atoms with Crippen LogP contribution in [0.25, 0.3) is 0 Å². The van der Waals surface area contributed by atoms with Crippen molar-refractivity contribution in [3.05, 3.63) is 35.9 Å². The molecule has 152 valence electrons. The van der Waals surface area contributed by atoms with E-state index < -0.39 is 4.25 Å². The van der Waals surface area contributed by atoms with Crippen molar-refractivity contribution >= 4 is 26.3 Å². The van der Waals surface area contributed by atoms with Crippen LogP contribution >= 0.6 is 26.3 Å². The van der Waals surface area contributed by atoms with Gasteiger partial charge >= 0.3 is 182 Å². The summed E-state index contributed by atoms with van der Waals surface area (Å²) in [5.41, 5.74) is 4.87. The molecule has 27 heavy (non-hydrogen) atoms. The van der Waals surface area contributed by atoms with Crippen LogP contribution in [0.15, 0.2) is 30.3 Å². The van der Waals surface area contributed by atoms with Crippen molar-refractivity contribution in [3.8, 4) is 0 Å². The molecule has 3 fully saturated rings. The van der Waals surface area contributed by atoms with Gasteiger partial charge in [0.25, 0.3) is 0 Å². The third-order valence-corrected chi connectivity index (χ3v) is 24.1. The molecule has 0 amide bonds. The molecule has 0 N–H and O–H groups in total. The molecule has 0 atom stereocenters. The van der Waals surface area contributed by atoms with Gasteiger partial charge in [-0.3, -0.25) is 0 Å². The number of benzene rings is 1. The molecular weight excluding hydrogens is 458 g/mol. The summed E-state index contributed by atoms with van der Waals surface area (Å²) in [6.07, 6.45) is 24.4. The number of rotatable bonds is 5. The summed E-state index contributed by atoms with van der Waals surface area (Å²) in [4.78, 5) is 0. The average molecular weight is 498 g/mol. The molecule has 3 saturated carbocycles. The van der Waals surface area contributed by atoms with Crippen molar-refractivity contribution in [2.45, 2.75) is 119 Å². The van der Waals surface area contributed by atoms with Crippen LogP contribution in [0, 0.1) is 0 Å². The molecule has 4 rings (SSSR count). The van der Waals surface area contributed by atoms with E-state index >= 15 is 0 Å². The molecule has 0 aromatic heterocycles. The Labute approximate surface area is 181 Å². The topological polar surface area (TPSA) is 0 Å². The van der Waals surface area contributed by atoms with Crippen molar-refractivity contribution in [3.63, 3.8) is 0 Å². The van der Waals surface area contributed by atoms with E-state index in [9.17, 15) is 0 Å². The van der Waals surface area contributed by atoms with Gasteiger partial charge in [0.15, 0.2) is 0 Å². The first-order valence-electron chi connectivity index (χ1n) is 12.0. The van der Waals surface area contributed by atoms with Crippen molar-refractivity contribution in [1.29, 1.82) is 0 Å². The van der Waals surface area contributed by atoms with Crippen LogP contribution in [0.3, 0.4) is 0 Å². The van der Waals surface area contributed by atoms with E-state index in [-0.39, 0.29) is 0 Å². The van der Waals surface area contributed by atoms with Gasteiger partial charge in [0, 0.05) is 0 Å². The molecule has 0 bridgehead atoms. The van der Waals surface area contributed by atoms with Gasteiger partial charge in [-0.05, 0) is 0 Å². The van der Waals surface area contributed by atoms with Crippen LogP contribution in [-0.2, 0) is 6.16 Å². The molecule has 1 aromatic rings. The Balaban J connectivity index is 1.80. The summed E-state index contributed by atoms with van der Waals surface area (Å²) < 4.78 is -1.88. The average Bonchev–Trinajstić information content (AvgIpc) is 2.76. The van der Waals surface area contributed by atoms with E-state index in [0.29, 0.717) is 0 Å². The van der Waals surface area contributed by atoms with Gasteiger partial charge < -0.3 is 0 Å². The molecule has 0 aliphatic heterocycles. The van der Waals surface area contributed by atoms with Crippen molar-refractivity contribution in [2.24, 2.45) is 0 Å². The van der Waals surface area contributed by atoms with Gasteiger partial charge in [-0.15, -0.1) is 0 Å². The molecule has 3 aliphatic carbocycles. The predicted octanol–water partition coefficient (Wildman–Crippen LogP) is 9.09. The zero-order chi connectivity index (χ0) is 18.6. The molecule has 0 saturated heterocycles. The number of hydrogen-bond acceptors (Lipinski definition) is 0. The standard InChI is InChI=1S/C25H40IP/c26-27(23-15-7-2-8-16-23,24-17-9-3-10-18-24,25-19-11-4-12-20-25)21-22-13-5-1-6-14-22/h1,5-6,13-14,23-25H,2-4,7-12,15-21H2. The number of halogens is 1. The van der Waals surface area contributed by atoms with E-state index in [0.717, 1.165) is 17.0 Å². The predicted molar refractivity (Wildman–Crippen MR) is 132 cm³/mol. The van der Waals surface area contributed by atoms with Gasteiger partial charge in [-0.25, -0.2) is 0 Å². The third-order valence-electron chi connectivity index (χ3n) is 8.54. The first-order valence-corrected chi connectivity index (χ1v) is 17.4. The Hall–Kier alpha value is 0.380. The van der Waals surface area contributed by atoms with Gasteiger partial charge in [0.05, 0.1) is 0 Å². The molecule has 0 nitrogen and oxygen atoms in total. The molecule has 1 aromatic carbocycles. The Kier molecular flexibility index (Phi) is 6.90. The normalized spacial score (nSPS) is 25.7. The summed E-state index contributed by atoms with van der Waals surface area (Å²) in [7, 11) is 0. The number of hydrogen-bond donors (Lipinski definition) is 0. The Morgan fingerprint density at radius 1 is 0.593 bits per heavy atom. The van der Waals surface area contributed by atoms with Crippen molar-refractivity contribution in [1.82, 2.24) is 0 Å². The van der Waals surface area contributed by atoms with E-state index in [1.165, 1.54) is 63.9 Å². The van der Waals surface area contributed by atoms with Gasteiger partial charge in [-0.2, -0.15) is 0 Å². The summed E-state index contributed by atoms with van der Waals surface area (Å²) in [5, 5.41) is 0. The third kappa shape index (κ3) is 4.03. The van der Waals surface area contributed by atoms with E-state index in [2.05, 4.69) is 52.4 Å². The fourth-order valence-electron chi connectivity index (χ4n) is 7.23. The van der Waals surface area contributed by atoms with E-state index in [1.54, 1.807) is 44.1 Å². The second kappa shape index (κ2) is 9.03. The zero-order valence-corrected chi connectivity index (χ0v) is 20.3. The maximum atomic E-state index is 3.30. The summed E-state index contributed by atoms with van der Waals surface area (Å²) in [6.45, 7) is 0. The molecule has 3 aliphatic rings. The van der Waals surface area contributed by atoms with Crippen LogP contribution in [0.2, 0.25) is 0 Å². The second-order valence-electron chi connectivity index (χ2n) is 9.93. The first-order chi connectivity index (χ1) is 13.2. The van der Waals surface area contributed by atoms with Crippen LogP contribution in [0.1, 0.15) is 102 Å². The molecule has 0 spiro atoms. The van der Waals surface area contributed by atoms with Gasteiger partial charge in [0.1, 0.15) is 0 Å². The van der Waals surface area contributed by atoms with Crippen molar-refractivity contribution in [2.75, 3.05) is 0 Å². The van der Waals surface area contributed by atoms with Crippen LogP contribution in [-0.4, -0.2) is 17.0 Å². The van der Waals surface area contributed by atoms with Gasteiger partial charge in [-0.1, -0.05) is 0 Å². The van der Waals surface area contributed by atoms with E-state index in [4.69, 9.17) is 0 Å². The first kappa shape index (κ1) is 20.6. The fraction of sp³-hybridized carbons (Fsp3) is 0.760. The van der Waals surface area contributed by atoms with Crippen LogP contribution in [0.5, 0.6) is 0 Å². The van der Waals surface area contributed by atoms with E-state index in [1.807, 2.05) is 0 Å². The Bertz CT molecular complexity index is 531. The SMILES string of the molecule is IP(Cc1ccccc1)(C1CCCCC1)(C1CCCCC1)C1CCCCC1. The second-order valence-corrected chi connectivity index (χ2v) is 22.3. The Morgan fingerprint density at radius 2 is 0.963 bits per heavy atom. The fourth-order valence-corrected chi connectivity index (χ4v) is 21.5. The van der Waals surface area contributed by atoms with Crippen LogP contribution in [0.4, 0.5) is 0 Å². The molecule has 0 unspecified atom stereocenters. The minimum atomic E-state index is -1.88. The molecule has 0 heterocycles. The summed E-state index contributed by atoms with van der Waals surface area (Å²) in [6, 6.07) is 11.8. The Morgan fingerprint density at radius 3 is 1.33 bits per heavy atom.